The quantitative estimate of drug-likeness (QED) is 0.865. The second kappa shape index (κ2) is 7.91. The van der Waals surface area contributed by atoms with Gasteiger partial charge in [-0.1, -0.05) is 57.5 Å². The molecule has 0 saturated heterocycles. The molecule has 0 heterocycles. The molecule has 2 heteroatoms. The van der Waals surface area contributed by atoms with Gasteiger partial charge in [0.2, 0.25) is 5.91 Å². The van der Waals surface area contributed by atoms with Gasteiger partial charge in [-0.05, 0) is 24.3 Å². The van der Waals surface area contributed by atoms with Gasteiger partial charge in [-0.3, -0.25) is 4.79 Å². The van der Waals surface area contributed by atoms with Crippen molar-refractivity contribution in [2.45, 2.75) is 47.5 Å². The van der Waals surface area contributed by atoms with Crippen molar-refractivity contribution >= 4 is 5.91 Å². The topological polar surface area (TPSA) is 29.1 Å². The van der Waals surface area contributed by atoms with Crippen LogP contribution in [0.25, 0.3) is 0 Å². The number of hydrogen-bond donors (Lipinski definition) is 1. The third kappa shape index (κ3) is 6.43. The molecule has 0 spiro atoms. The van der Waals surface area contributed by atoms with Gasteiger partial charge in [0.05, 0.1) is 0 Å². The minimum Gasteiger partial charge on any atom is -0.359 e. The molecule has 0 aromatic heterocycles. The summed E-state index contributed by atoms with van der Waals surface area (Å²) in [6.45, 7) is 10.3. The van der Waals surface area contributed by atoms with Crippen LogP contribution in [-0.4, -0.2) is 13.0 Å². The van der Waals surface area contributed by atoms with E-state index in [9.17, 15) is 4.79 Å². The highest BCUT2D eigenvalue weighted by molar-refractivity contribution is 5.76. The van der Waals surface area contributed by atoms with Crippen molar-refractivity contribution in [1.82, 2.24) is 5.32 Å². The molecule has 1 rings (SSSR count). The Kier molecular flexibility index (Phi) is 7.33. The van der Waals surface area contributed by atoms with Gasteiger partial charge in [0.1, 0.15) is 0 Å². The lowest BCUT2D eigenvalue weighted by Crippen LogP contribution is -2.27. The molecule has 0 atom stereocenters. The molecule has 0 unspecified atom stereocenters. The van der Waals surface area contributed by atoms with E-state index in [1.54, 1.807) is 7.05 Å². The molecule has 1 aromatic rings. The predicted octanol–water partition coefficient (Wildman–Crippen LogP) is 3.73. The molecule has 0 aliphatic carbocycles. The van der Waals surface area contributed by atoms with E-state index >= 15 is 0 Å². The van der Waals surface area contributed by atoms with E-state index in [1.165, 1.54) is 11.1 Å². The second-order valence-electron chi connectivity index (χ2n) is 5.18. The molecule has 0 bridgehead atoms. The normalized spacial score (nSPS) is 10.3. The van der Waals surface area contributed by atoms with Crippen molar-refractivity contribution in [3.8, 4) is 0 Å². The van der Waals surface area contributed by atoms with Crippen LogP contribution < -0.4 is 5.32 Å². The molecule has 0 fully saturated rings. The van der Waals surface area contributed by atoms with Gasteiger partial charge < -0.3 is 5.32 Å². The van der Waals surface area contributed by atoms with Crippen LogP contribution >= 0.6 is 0 Å². The number of benzene rings is 1. The fourth-order valence-electron chi connectivity index (χ4n) is 1.84. The van der Waals surface area contributed by atoms with Crippen molar-refractivity contribution in [3.05, 3.63) is 35.4 Å². The zero-order valence-electron chi connectivity index (χ0n) is 12.6. The molecular weight excluding hydrogens is 222 g/mol. The highest BCUT2D eigenvalue weighted by Crippen LogP contribution is 2.25. The summed E-state index contributed by atoms with van der Waals surface area (Å²) in [4.78, 5) is 11.4. The molecule has 1 amide bonds. The number of carbonyl (C=O) groups excluding carboxylic acids is 1. The number of nitrogens with one attached hydrogen (secondary N) is 1. The lowest BCUT2D eigenvalue weighted by Gasteiger charge is -2.23. The summed E-state index contributed by atoms with van der Waals surface area (Å²) < 4.78 is 0. The van der Waals surface area contributed by atoms with Gasteiger partial charge in [-0.25, -0.2) is 0 Å². The minimum absolute atomic E-state index is 0.00928. The number of amides is 1. The van der Waals surface area contributed by atoms with Gasteiger partial charge in [-0.2, -0.15) is 0 Å². The van der Waals surface area contributed by atoms with Crippen molar-refractivity contribution < 1.29 is 4.79 Å². The van der Waals surface area contributed by atoms with Gasteiger partial charge in [-0.15, -0.1) is 0 Å². The van der Waals surface area contributed by atoms with Crippen LogP contribution in [0, 0.1) is 12.3 Å². The Morgan fingerprint density at radius 2 is 1.67 bits per heavy atom. The van der Waals surface area contributed by atoms with Crippen LogP contribution in [0.4, 0.5) is 0 Å². The Labute approximate surface area is 112 Å². The van der Waals surface area contributed by atoms with E-state index in [0.29, 0.717) is 6.42 Å². The predicted molar refractivity (Wildman–Crippen MR) is 78.7 cm³/mol. The first-order valence-corrected chi connectivity index (χ1v) is 6.69. The molecular formula is C16H27NO. The average molecular weight is 249 g/mol. The highest BCUT2D eigenvalue weighted by Gasteiger charge is 2.21. The van der Waals surface area contributed by atoms with Crippen LogP contribution in [-0.2, 0) is 11.2 Å². The molecule has 1 N–H and O–H groups in total. The summed E-state index contributed by atoms with van der Waals surface area (Å²) in [6, 6.07) is 8.51. The first-order chi connectivity index (χ1) is 8.43. The molecule has 18 heavy (non-hydrogen) atoms. The second-order valence-corrected chi connectivity index (χ2v) is 5.18. The molecule has 0 saturated carbocycles. The average Bonchev–Trinajstić information content (AvgIpc) is 2.33. The van der Waals surface area contributed by atoms with Crippen LogP contribution in [0.1, 0.15) is 45.2 Å². The molecule has 102 valence electrons. The smallest absolute Gasteiger partial charge is 0.220 e. The van der Waals surface area contributed by atoms with Gasteiger partial charge >= 0.3 is 0 Å². The molecule has 0 aliphatic rings. The SMILES string of the molecule is CC.CNC(=O)CC(C)(C)Cc1ccc(C)cc1. The lowest BCUT2D eigenvalue weighted by molar-refractivity contribution is -0.122. The Balaban J connectivity index is 0.00000137. The maximum absolute atomic E-state index is 11.4. The summed E-state index contributed by atoms with van der Waals surface area (Å²) in [7, 11) is 1.68. The summed E-state index contributed by atoms with van der Waals surface area (Å²) in [5, 5.41) is 2.68. The van der Waals surface area contributed by atoms with E-state index in [0.717, 1.165) is 6.42 Å². The fraction of sp³-hybridized carbons (Fsp3) is 0.562. The fourth-order valence-corrected chi connectivity index (χ4v) is 1.84. The van der Waals surface area contributed by atoms with Gasteiger partial charge in [0.25, 0.3) is 0 Å². The third-order valence-corrected chi connectivity index (χ3v) is 2.72. The zero-order valence-corrected chi connectivity index (χ0v) is 12.6. The standard InChI is InChI=1S/C14H21NO.C2H6/c1-11-5-7-12(8-6-11)9-14(2,3)10-13(16)15-4;1-2/h5-8H,9-10H2,1-4H3,(H,15,16);1-2H3. The highest BCUT2D eigenvalue weighted by atomic mass is 16.1. The van der Waals surface area contributed by atoms with E-state index in [4.69, 9.17) is 0 Å². The summed E-state index contributed by atoms with van der Waals surface area (Å²) in [5.74, 6) is 0.108. The van der Waals surface area contributed by atoms with E-state index in [1.807, 2.05) is 13.8 Å². The van der Waals surface area contributed by atoms with Crippen molar-refractivity contribution in [2.75, 3.05) is 7.05 Å². The van der Waals surface area contributed by atoms with Crippen LogP contribution in [0.15, 0.2) is 24.3 Å². The summed E-state index contributed by atoms with van der Waals surface area (Å²) >= 11 is 0. The van der Waals surface area contributed by atoms with Crippen molar-refractivity contribution in [3.63, 3.8) is 0 Å². The van der Waals surface area contributed by atoms with Gasteiger partial charge in [0.15, 0.2) is 0 Å². The minimum atomic E-state index is 0.00928. The van der Waals surface area contributed by atoms with E-state index < -0.39 is 0 Å². The Hall–Kier alpha value is -1.31. The monoisotopic (exact) mass is 249 g/mol. The van der Waals surface area contributed by atoms with Gasteiger partial charge in [0, 0.05) is 13.5 Å². The van der Waals surface area contributed by atoms with E-state index in [-0.39, 0.29) is 11.3 Å². The maximum Gasteiger partial charge on any atom is 0.220 e. The Bertz CT molecular complexity index is 352. The largest absolute Gasteiger partial charge is 0.359 e. The van der Waals surface area contributed by atoms with Crippen LogP contribution in [0.5, 0.6) is 0 Å². The zero-order chi connectivity index (χ0) is 14.2. The number of rotatable bonds is 4. The Morgan fingerprint density at radius 1 is 1.17 bits per heavy atom. The maximum atomic E-state index is 11.4. The number of aryl methyl sites for hydroxylation is 1. The van der Waals surface area contributed by atoms with E-state index in [2.05, 4.69) is 50.4 Å². The Morgan fingerprint density at radius 3 is 2.11 bits per heavy atom. The summed E-state index contributed by atoms with van der Waals surface area (Å²) in [6.07, 6.45) is 1.50. The van der Waals surface area contributed by atoms with Crippen molar-refractivity contribution in [2.24, 2.45) is 5.41 Å². The number of carbonyl (C=O) groups is 1. The molecule has 2 nitrogen and oxygen atoms in total. The van der Waals surface area contributed by atoms with Crippen LogP contribution in [0.3, 0.4) is 0 Å². The first kappa shape index (κ1) is 16.7. The van der Waals surface area contributed by atoms with Crippen molar-refractivity contribution in [1.29, 1.82) is 0 Å². The third-order valence-electron chi connectivity index (χ3n) is 2.72. The van der Waals surface area contributed by atoms with Crippen LogP contribution in [0.2, 0.25) is 0 Å². The molecule has 0 radical (unpaired) electrons. The number of hydrogen-bond acceptors (Lipinski definition) is 1. The lowest BCUT2D eigenvalue weighted by atomic mass is 9.82. The summed E-state index contributed by atoms with van der Waals surface area (Å²) in [5.41, 5.74) is 2.57. The first-order valence-electron chi connectivity index (χ1n) is 6.69. The molecule has 1 aromatic carbocycles. The molecule has 0 aliphatic heterocycles.